The number of aromatic nitrogens is 1. The maximum atomic E-state index is 13.4. The highest BCUT2D eigenvalue weighted by Gasteiger charge is 2.16. The van der Waals surface area contributed by atoms with E-state index in [1.807, 2.05) is 0 Å². The van der Waals surface area contributed by atoms with Crippen LogP contribution in [0.25, 0.3) is 0 Å². The zero-order chi connectivity index (χ0) is 13.1. The van der Waals surface area contributed by atoms with Crippen LogP contribution in [0.15, 0.2) is 28.8 Å². The molecule has 1 aromatic carbocycles. The second-order valence-corrected chi connectivity index (χ2v) is 3.75. The topological polar surface area (TPSA) is 75.4 Å². The molecule has 1 heterocycles. The van der Waals surface area contributed by atoms with Crippen molar-refractivity contribution in [2.75, 3.05) is 0 Å². The molecule has 2 rings (SSSR count). The smallest absolute Gasteiger partial charge is 0.258 e. The molecule has 1 amide bonds. The Bertz CT molecular complexity index is 560. The van der Waals surface area contributed by atoms with E-state index in [1.54, 1.807) is 13.0 Å². The zero-order valence-corrected chi connectivity index (χ0v) is 9.61. The number of carbonyl (C=O) groups excluding carboxylic acids is 1. The third-order valence-corrected chi connectivity index (χ3v) is 2.33. The molecule has 0 saturated carbocycles. The summed E-state index contributed by atoms with van der Waals surface area (Å²) in [4.78, 5) is 11.7. The Labute approximate surface area is 102 Å². The minimum Gasteiger partial charge on any atom is -0.507 e. The standard InChI is InChI=1S/C12H11FN2O3/c1-7-5-8(15-18-7)6-14-12(17)11-9(13)3-2-4-10(11)16/h2-5,16H,6H2,1H3,(H,14,17). The fraction of sp³-hybridized carbons (Fsp3) is 0.167. The van der Waals surface area contributed by atoms with Gasteiger partial charge in [0.2, 0.25) is 0 Å². The number of amides is 1. The number of nitrogens with one attached hydrogen (secondary N) is 1. The van der Waals surface area contributed by atoms with Crippen molar-refractivity contribution in [3.63, 3.8) is 0 Å². The van der Waals surface area contributed by atoms with Crippen LogP contribution in [0, 0.1) is 12.7 Å². The number of benzene rings is 1. The summed E-state index contributed by atoms with van der Waals surface area (Å²) < 4.78 is 18.2. The zero-order valence-electron chi connectivity index (χ0n) is 9.61. The molecule has 6 heteroatoms. The largest absolute Gasteiger partial charge is 0.507 e. The quantitative estimate of drug-likeness (QED) is 0.870. The van der Waals surface area contributed by atoms with E-state index in [9.17, 15) is 14.3 Å². The van der Waals surface area contributed by atoms with Gasteiger partial charge in [0.1, 0.15) is 28.6 Å². The van der Waals surface area contributed by atoms with Crippen molar-refractivity contribution >= 4 is 5.91 Å². The summed E-state index contributed by atoms with van der Waals surface area (Å²) in [7, 11) is 0. The van der Waals surface area contributed by atoms with Gasteiger partial charge in [-0.2, -0.15) is 0 Å². The average molecular weight is 250 g/mol. The van der Waals surface area contributed by atoms with Crippen molar-refractivity contribution in [1.29, 1.82) is 0 Å². The number of aryl methyl sites for hydroxylation is 1. The van der Waals surface area contributed by atoms with Gasteiger partial charge in [0, 0.05) is 6.07 Å². The monoisotopic (exact) mass is 250 g/mol. The fourth-order valence-corrected chi connectivity index (χ4v) is 1.50. The Kier molecular flexibility index (Phi) is 3.27. The van der Waals surface area contributed by atoms with Crippen LogP contribution in [0.3, 0.4) is 0 Å². The first-order chi connectivity index (χ1) is 8.58. The first-order valence-corrected chi connectivity index (χ1v) is 5.26. The Hall–Kier alpha value is -2.37. The predicted molar refractivity (Wildman–Crippen MR) is 60.5 cm³/mol. The van der Waals surface area contributed by atoms with Crippen molar-refractivity contribution in [2.24, 2.45) is 0 Å². The molecule has 94 valence electrons. The molecule has 0 spiro atoms. The molecule has 2 N–H and O–H groups in total. The fourth-order valence-electron chi connectivity index (χ4n) is 1.50. The van der Waals surface area contributed by atoms with Gasteiger partial charge < -0.3 is 14.9 Å². The summed E-state index contributed by atoms with van der Waals surface area (Å²) in [6, 6.07) is 5.33. The number of phenolic OH excluding ortho intramolecular Hbond substituents is 1. The minimum absolute atomic E-state index is 0.101. The lowest BCUT2D eigenvalue weighted by atomic mass is 10.1. The second kappa shape index (κ2) is 4.87. The van der Waals surface area contributed by atoms with Crippen molar-refractivity contribution in [3.05, 3.63) is 47.1 Å². The predicted octanol–water partition coefficient (Wildman–Crippen LogP) is 1.76. The van der Waals surface area contributed by atoms with Crippen LogP contribution in [0.1, 0.15) is 21.8 Å². The van der Waals surface area contributed by atoms with Gasteiger partial charge in [0.15, 0.2) is 0 Å². The van der Waals surface area contributed by atoms with Crippen LogP contribution in [0.4, 0.5) is 4.39 Å². The van der Waals surface area contributed by atoms with E-state index in [1.165, 1.54) is 12.1 Å². The molecule has 0 atom stereocenters. The molecule has 0 aliphatic carbocycles. The van der Waals surface area contributed by atoms with Crippen molar-refractivity contribution in [1.82, 2.24) is 10.5 Å². The van der Waals surface area contributed by atoms with Gasteiger partial charge in [-0.15, -0.1) is 0 Å². The number of phenols is 1. The van der Waals surface area contributed by atoms with Crippen LogP contribution in [-0.2, 0) is 6.54 Å². The summed E-state index contributed by atoms with van der Waals surface area (Å²) in [5.74, 6) is -1.26. The number of hydrogen-bond acceptors (Lipinski definition) is 4. The van der Waals surface area contributed by atoms with Crippen LogP contribution >= 0.6 is 0 Å². The molecule has 1 aromatic heterocycles. The Balaban J connectivity index is 2.08. The normalized spacial score (nSPS) is 10.3. The van der Waals surface area contributed by atoms with Gasteiger partial charge in [0.05, 0.1) is 6.54 Å². The highest BCUT2D eigenvalue weighted by Crippen LogP contribution is 2.19. The third-order valence-electron chi connectivity index (χ3n) is 2.33. The molecule has 2 aromatic rings. The van der Waals surface area contributed by atoms with Gasteiger partial charge >= 0.3 is 0 Å². The van der Waals surface area contributed by atoms with Gasteiger partial charge in [-0.25, -0.2) is 4.39 Å². The lowest BCUT2D eigenvalue weighted by Crippen LogP contribution is -2.24. The number of nitrogens with zero attached hydrogens (tertiary/aromatic N) is 1. The van der Waals surface area contributed by atoms with E-state index < -0.39 is 17.5 Å². The molecular formula is C12H11FN2O3. The average Bonchev–Trinajstić information content (AvgIpc) is 2.72. The Morgan fingerprint density at radius 1 is 1.56 bits per heavy atom. The van der Waals surface area contributed by atoms with Crippen molar-refractivity contribution in [2.45, 2.75) is 13.5 Å². The lowest BCUT2D eigenvalue weighted by molar-refractivity contribution is 0.0943. The maximum absolute atomic E-state index is 13.4. The van der Waals surface area contributed by atoms with Crippen LogP contribution in [-0.4, -0.2) is 16.2 Å². The maximum Gasteiger partial charge on any atom is 0.258 e. The third kappa shape index (κ3) is 2.48. The highest BCUT2D eigenvalue weighted by atomic mass is 19.1. The lowest BCUT2D eigenvalue weighted by Gasteiger charge is -2.05. The second-order valence-electron chi connectivity index (χ2n) is 3.75. The van der Waals surface area contributed by atoms with Gasteiger partial charge in [-0.1, -0.05) is 11.2 Å². The van der Waals surface area contributed by atoms with Gasteiger partial charge in [-0.3, -0.25) is 4.79 Å². The van der Waals surface area contributed by atoms with E-state index >= 15 is 0 Å². The summed E-state index contributed by atoms with van der Waals surface area (Å²) in [6.45, 7) is 1.82. The van der Waals surface area contributed by atoms with Crippen LogP contribution < -0.4 is 5.32 Å². The van der Waals surface area contributed by atoms with Crippen LogP contribution in [0.5, 0.6) is 5.75 Å². The number of aromatic hydroxyl groups is 1. The summed E-state index contributed by atoms with van der Waals surface area (Å²) in [5.41, 5.74) is 0.148. The summed E-state index contributed by atoms with van der Waals surface area (Å²) >= 11 is 0. The molecule has 0 radical (unpaired) electrons. The van der Waals surface area contributed by atoms with E-state index in [0.717, 1.165) is 6.07 Å². The molecule has 0 aliphatic heterocycles. The molecule has 0 aliphatic rings. The number of hydrogen-bond donors (Lipinski definition) is 2. The minimum atomic E-state index is -0.774. The molecule has 0 fully saturated rings. The molecule has 18 heavy (non-hydrogen) atoms. The van der Waals surface area contributed by atoms with E-state index in [2.05, 4.69) is 10.5 Å². The van der Waals surface area contributed by atoms with Crippen molar-refractivity contribution < 1.29 is 18.8 Å². The molecular weight excluding hydrogens is 239 g/mol. The van der Waals surface area contributed by atoms with E-state index in [4.69, 9.17) is 4.52 Å². The Morgan fingerprint density at radius 2 is 2.33 bits per heavy atom. The SMILES string of the molecule is Cc1cc(CNC(=O)c2c(O)cccc2F)no1. The number of rotatable bonds is 3. The van der Waals surface area contributed by atoms with Crippen molar-refractivity contribution in [3.8, 4) is 5.75 Å². The number of carbonyl (C=O) groups is 1. The van der Waals surface area contributed by atoms with Gasteiger partial charge in [0.25, 0.3) is 5.91 Å². The molecule has 0 saturated heterocycles. The number of halogens is 1. The Morgan fingerprint density at radius 3 is 2.94 bits per heavy atom. The molecule has 5 nitrogen and oxygen atoms in total. The first-order valence-electron chi connectivity index (χ1n) is 5.26. The van der Waals surface area contributed by atoms with E-state index in [0.29, 0.717) is 11.5 Å². The highest BCUT2D eigenvalue weighted by molar-refractivity contribution is 5.96. The van der Waals surface area contributed by atoms with Crippen LogP contribution in [0.2, 0.25) is 0 Å². The molecule has 0 bridgehead atoms. The summed E-state index contributed by atoms with van der Waals surface area (Å²) in [6.07, 6.45) is 0. The van der Waals surface area contributed by atoms with Gasteiger partial charge in [-0.05, 0) is 19.1 Å². The van der Waals surface area contributed by atoms with E-state index in [-0.39, 0.29) is 12.1 Å². The summed E-state index contributed by atoms with van der Waals surface area (Å²) in [5, 5.41) is 15.6. The first kappa shape index (κ1) is 12.1. The molecule has 0 unspecified atom stereocenters.